The largest absolute Gasteiger partial charge is 0.377 e. The third kappa shape index (κ3) is 2.05. The molecule has 22 heavy (non-hydrogen) atoms. The molecule has 0 unspecified atom stereocenters. The van der Waals surface area contributed by atoms with Crippen molar-refractivity contribution in [1.82, 2.24) is 0 Å². The topological polar surface area (TPSA) is 12.0 Å². The number of hydrogen-bond donors (Lipinski definition) is 1. The average molecular weight is 314 g/mol. The highest BCUT2D eigenvalue weighted by atomic mass is 35.5. The van der Waals surface area contributed by atoms with Crippen molar-refractivity contribution >= 4 is 17.3 Å². The van der Waals surface area contributed by atoms with Gasteiger partial charge >= 0.3 is 0 Å². The smallest absolute Gasteiger partial charge is 0.123 e. The first kappa shape index (κ1) is 13.8. The van der Waals surface area contributed by atoms with Crippen molar-refractivity contribution in [3.63, 3.8) is 0 Å². The highest BCUT2D eigenvalue weighted by Crippen LogP contribution is 2.51. The first-order valence-electron chi connectivity index (χ1n) is 7.63. The minimum Gasteiger partial charge on any atom is -0.377 e. The quantitative estimate of drug-likeness (QED) is 0.674. The fraction of sp³-hybridized carbons (Fsp3) is 0.263. The Balaban J connectivity index is 1.84. The summed E-state index contributed by atoms with van der Waals surface area (Å²) in [5.74, 6) is 0.616. The monoisotopic (exact) mass is 313 g/mol. The van der Waals surface area contributed by atoms with Gasteiger partial charge in [0.2, 0.25) is 0 Å². The van der Waals surface area contributed by atoms with Crippen LogP contribution in [0.25, 0.3) is 0 Å². The number of hydrogen-bond acceptors (Lipinski definition) is 1. The summed E-state index contributed by atoms with van der Waals surface area (Å²) in [4.78, 5) is 0. The maximum Gasteiger partial charge on any atom is 0.123 e. The predicted molar refractivity (Wildman–Crippen MR) is 88.9 cm³/mol. The van der Waals surface area contributed by atoms with Gasteiger partial charge in [0.25, 0.3) is 0 Å². The molecule has 1 N–H and O–H groups in total. The van der Waals surface area contributed by atoms with E-state index in [1.165, 1.54) is 11.6 Å². The Morgan fingerprint density at radius 3 is 2.91 bits per heavy atom. The molecule has 2 aromatic carbocycles. The molecule has 0 fully saturated rings. The predicted octanol–water partition coefficient (Wildman–Crippen LogP) is 5.61. The van der Waals surface area contributed by atoms with E-state index in [9.17, 15) is 4.39 Å². The van der Waals surface area contributed by atoms with Crippen LogP contribution in [0, 0.1) is 18.7 Å². The lowest BCUT2D eigenvalue weighted by molar-refractivity contribution is 0.424. The zero-order valence-corrected chi connectivity index (χ0v) is 13.1. The summed E-state index contributed by atoms with van der Waals surface area (Å²) < 4.78 is 13.6. The average Bonchev–Trinajstić information content (AvgIpc) is 3.00. The number of fused-ring (bicyclic) bond motifs is 3. The minimum atomic E-state index is -0.185. The first-order valence-corrected chi connectivity index (χ1v) is 8.00. The van der Waals surface area contributed by atoms with Crippen LogP contribution in [0.15, 0.2) is 48.6 Å². The van der Waals surface area contributed by atoms with E-state index in [2.05, 4.69) is 23.5 Å². The number of halogens is 2. The Bertz CT molecular complexity index is 768. The Morgan fingerprint density at radius 2 is 2.09 bits per heavy atom. The summed E-state index contributed by atoms with van der Waals surface area (Å²) in [6.45, 7) is 2.04. The fourth-order valence-electron chi connectivity index (χ4n) is 3.82. The Labute approximate surface area is 134 Å². The Hall–Kier alpha value is -1.80. The van der Waals surface area contributed by atoms with Gasteiger partial charge in [0.1, 0.15) is 5.82 Å². The standard InChI is InChI=1S/C19H17ClFN/c1-11-17(20)9-8-16-14-6-3-7-15(14)19(22-18(11)16)12-4-2-5-13(21)10-12/h2-6,8-10,14-15,19,22H,7H2,1H3/t14-,15+,19-/m1/s1. The Morgan fingerprint density at radius 1 is 1.23 bits per heavy atom. The van der Waals surface area contributed by atoms with E-state index >= 15 is 0 Å². The van der Waals surface area contributed by atoms with Gasteiger partial charge in [-0.05, 0) is 54.2 Å². The van der Waals surface area contributed by atoms with E-state index in [1.807, 2.05) is 19.1 Å². The van der Waals surface area contributed by atoms with Crippen LogP contribution >= 0.6 is 11.6 Å². The second kappa shape index (κ2) is 5.13. The van der Waals surface area contributed by atoms with Gasteiger partial charge in [-0.2, -0.15) is 0 Å². The summed E-state index contributed by atoms with van der Waals surface area (Å²) >= 11 is 6.29. The first-order chi connectivity index (χ1) is 10.6. The maximum absolute atomic E-state index is 13.6. The molecule has 0 aromatic heterocycles. The van der Waals surface area contributed by atoms with E-state index < -0.39 is 0 Å². The lowest BCUT2D eigenvalue weighted by atomic mass is 9.76. The molecule has 1 heterocycles. The summed E-state index contributed by atoms with van der Waals surface area (Å²) in [6, 6.07) is 11.1. The van der Waals surface area contributed by atoms with Gasteiger partial charge in [-0.15, -0.1) is 0 Å². The van der Waals surface area contributed by atoms with Gasteiger partial charge in [-0.25, -0.2) is 4.39 Å². The summed E-state index contributed by atoms with van der Waals surface area (Å²) in [5, 5.41) is 4.40. The number of allylic oxidation sites excluding steroid dienone is 2. The second-order valence-electron chi connectivity index (χ2n) is 6.17. The number of anilines is 1. The molecule has 0 bridgehead atoms. The van der Waals surface area contributed by atoms with Crippen LogP contribution < -0.4 is 5.32 Å². The third-order valence-corrected chi connectivity index (χ3v) is 5.35. The summed E-state index contributed by atoms with van der Waals surface area (Å²) in [7, 11) is 0. The molecule has 1 nitrogen and oxygen atoms in total. The molecule has 0 radical (unpaired) electrons. The molecule has 2 aromatic rings. The van der Waals surface area contributed by atoms with E-state index in [1.54, 1.807) is 12.1 Å². The number of benzene rings is 2. The lowest BCUT2D eigenvalue weighted by Crippen LogP contribution is -2.29. The SMILES string of the molecule is Cc1c(Cl)ccc2c1N[C@H](c1cccc(F)c1)[C@H]1CC=C[C@@H]21. The maximum atomic E-state index is 13.6. The molecule has 0 saturated heterocycles. The molecule has 3 heteroatoms. The van der Waals surface area contributed by atoms with Gasteiger partial charge in [-0.3, -0.25) is 0 Å². The molecule has 3 atom stereocenters. The number of rotatable bonds is 1. The molecule has 2 aliphatic rings. The number of nitrogens with one attached hydrogen (secondary N) is 1. The minimum absolute atomic E-state index is 0.111. The van der Waals surface area contributed by atoms with Crippen molar-refractivity contribution in [2.45, 2.75) is 25.3 Å². The molecular formula is C19H17ClFN. The molecule has 1 aliphatic carbocycles. The third-order valence-electron chi connectivity index (χ3n) is 4.94. The molecule has 0 amide bonds. The van der Waals surface area contributed by atoms with Crippen LogP contribution in [0.1, 0.15) is 35.1 Å². The van der Waals surface area contributed by atoms with Gasteiger partial charge in [0.05, 0.1) is 6.04 Å². The lowest BCUT2D eigenvalue weighted by Gasteiger charge is -2.38. The van der Waals surface area contributed by atoms with Gasteiger partial charge in [0, 0.05) is 16.6 Å². The van der Waals surface area contributed by atoms with Gasteiger partial charge in [-0.1, -0.05) is 42.0 Å². The van der Waals surface area contributed by atoms with Crippen LogP contribution in [-0.2, 0) is 0 Å². The van der Waals surface area contributed by atoms with E-state index in [0.29, 0.717) is 11.8 Å². The zero-order valence-electron chi connectivity index (χ0n) is 12.3. The molecular weight excluding hydrogens is 297 g/mol. The van der Waals surface area contributed by atoms with Crippen molar-refractivity contribution in [2.24, 2.45) is 5.92 Å². The van der Waals surface area contributed by atoms with Crippen LogP contribution in [0.4, 0.5) is 10.1 Å². The van der Waals surface area contributed by atoms with E-state index in [4.69, 9.17) is 11.6 Å². The van der Waals surface area contributed by atoms with E-state index in [0.717, 1.165) is 28.3 Å². The fourth-order valence-corrected chi connectivity index (χ4v) is 3.98. The van der Waals surface area contributed by atoms with E-state index in [-0.39, 0.29) is 11.9 Å². The molecule has 0 saturated carbocycles. The van der Waals surface area contributed by atoms with Crippen LogP contribution in [0.3, 0.4) is 0 Å². The Kier molecular flexibility index (Phi) is 3.23. The molecule has 4 rings (SSSR count). The van der Waals surface area contributed by atoms with Gasteiger partial charge in [0.15, 0.2) is 0 Å². The molecule has 1 aliphatic heterocycles. The van der Waals surface area contributed by atoms with Crippen molar-refractivity contribution in [3.05, 3.63) is 76.1 Å². The second-order valence-corrected chi connectivity index (χ2v) is 6.57. The van der Waals surface area contributed by atoms with Crippen LogP contribution in [-0.4, -0.2) is 0 Å². The zero-order chi connectivity index (χ0) is 15.3. The highest BCUT2D eigenvalue weighted by molar-refractivity contribution is 6.31. The van der Waals surface area contributed by atoms with Crippen LogP contribution in [0.2, 0.25) is 5.02 Å². The molecule has 0 spiro atoms. The van der Waals surface area contributed by atoms with Crippen molar-refractivity contribution in [3.8, 4) is 0 Å². The van der Waals surface area contributed by atoms with Crippen molar-refractivity contribution in [2.75, 3.05) is 5.32 Å². The van der Waals surface area contributed by atoms with Crippen LogP contribution in [0.5, 0.6) is 0 Å². The van der Waals surface area contributed by atoms with Crippen molar-refractivity contribution < 1.29 is 4.39 Å². The van der Waals surface area contributed by atoms with Gasteiger partial charge < -0.3 is 5.32 Å². The molecule has 112 valence electrons. The highest BCUT2D eigenvalue weighted by Gasteiger charge is 2.38. The normalized spacial score (nSPS) is 25.5. The summed E-state index contributed by atoms with van der Waals surface area (Å²) in [6.07, 6.45) is 5.53. The summed E-state index contributed by atoms with van der Waals surface area (Å²) in [5.41, 5.74) is 4.48. The van der Waals surface area contributed by atoms with Crippen molar-refractivity contribution in [1.29, 1.82) is 0 Å².